The predicted octanol–water partition coefficient (Wildman–Crippen LogP) is 1.21. The molecule has 1 aliphatic heterocycles. The molecule has 0 amide bonds. The minimum absolute atomic E-state index is 0.163. The maximum absolute atomic E-state index is 11.0. The van der Waals surface area contributed by atoms with E-state index in [0.717, 1.165) is 16.8 Å². The number of rotatable bonds is 9. The summed E-state index contributed by atoms with van der Waals surface area (Å²) in [4.78, 5) is 15.2. The van der Waals surface area contributed by atoms with E-state index >= 15 is 0 Å². The smallest absolute Gasteiger partial charge is 0.332 e. The van der Waals surface area contributed by atoms with E-state index < -0.39 is 17.9 Å². The summed E-state index contributed by atoms with van der Waals surface area (Å²) in [6, 6.07) is 7.32. The predicted molar refractivity (Wildman–Crippen MR) is 124 cm³/mol. The van der Waals surface area contributed by atoms with Crippen molar-refractivity contribution in [3.05, 3.63) is 41.0 Å². The third kappa shape index (κ3) is 4.89. The van der Waals surface area contributed by atoms with Crippen LogP contribution in [0.15, 0.2) is 29.3 Å². The molecule has 2 aromatic carbocycles. The van der Waals surface area contributed by atoms with E-state index in [1.54, 1.807) is 27.4 Å². The molecule has 1 aliphatic rings. The zero-order chi connectivity index (χ0) is 24.3. The van der Waals surface area contributed by atoms with Crippen LogP contribution >= 0.6 is 0 Å². The number of anilines is 2. The van der Waals surface area contributed by atoms with Gasteiger partial charge < -0.3 is 40.8 Å². The Morgan fingerprint density at radius 1 is 1.21 bits per heavy atom. The van der Waals surface area contributed by atoms with E-state index in [4.69, 9.17) is 30.8 Å². The SMILES string of the molecule is COc1cc(NCc2ccc3c(c2C)C(N)=NC(N)(CC(O)C(=O)O)N3)cc(OC)c1OC. The summed E-state index contributed by atoms with van der Waals surface area (Å²) in [6.45, 7) is 2.38. The molecule has 0 radical (unpaired) electrons. The Hall–Kier alpha value is -3.70. The highest BCUT2D eigenvalue weighted by Gasteiger charge is 2.35. The molecule has 178 valence electrons. The molecule has 11 heteroatoms. The van der Waals surface area contributed by atoms with Crippen molar-refractivity contribution in [2.45, 2.75) is 31.8 Å². The number of nitrogens with two attached hydrogens (primary N) is 2. The number of carboxylic acids is 1. The lowest BCUT2D eigenvalue weighted by Gasteiger charge is -2.34. The Morgan fingerprint density at radius 3 is 2.39 bits per heavy atom. The summed E-state index contributed by atoms with van der Waals surface area (Å²) >= 11 is 0. The van der Waals surface area contributed by atoms with Crippen molar-refractivity contribution in [1.82, 2.24) is 0 Å². The minimum atomic E-state index is -1.68. The van der Waals surface area contributed by atoms with E-state index in [9.17, 15) is 9.90 Å². The first kappa shape index (κ1) is 24.0. The number of methoxy groups -OCH3 is 3. The molecule has 1 heterocycles. The highest BCUT2D eigenvalue weighted by atomic mass is 16.5. The van der Waals surface area contributed by atoms with Crippen LogP contribution in [0.25, 0.3) is 0 Å². The standard InChI is InChI=1S/C22H29N5O6/c1-11-12(10-25-13-7-16(31-2)19(33-4)17(8-13)32-3)5-6-14-18(11)20(23)27-22(24,26-14)9-15(28)21(29)30/h5-8,15,25-26,28H,9-10,24H2,1-4H3,(H2,23,27)(H,29,30). The third-order valence-electron chi connectivity index (χ3n) is 5.44. The number of nitrogens with zero attached hydrogens (tertiary/aromatic N) is 1. The van der Waals surface area contributed by atoms with Crippen molar-refractivity contribution in [3.63, 3.8) is 0 Å². The first-order valence-corrected chi connectivity index (χ1v) is 10.1. The molecule has 0 aliphatic carbocycles. The number of hydrogen-bond acceptors (Lipinski definition) is 10. The van der Waals surface area contributed by atoms with Crippen molar-refractivity contribution in [2.24, 2.45) is 16.5 Å². The van der Waals surface area contributed by atoms with E-state index in [0.29, 0.717) is 35.0 Å². The van der Waals surface area contributed by atoms with Crippen molar-refractivity contribution in [2.75, 3.05) is 32.0 Å². The number of aliphatic hydroxyl groups excluding tert-OH is 1. The van der Waals surface area contributed by atoms with Crippen molar-refractivity contribution in [1.29, 1.82) is 0 Å². The molecule has 2 aromatic rings. The average Bonchev–Trinajstić information content (AvgIpc) is 2.76. The van der Waals surface area contributed by atoms with Crippen LogP contribution in [-0.4, -0.2) is 55.2 Å². The van der Waals surface area contributed by atoms with Gasteiger partial charge in [-0.3, -0.25) is 5.73 Å². The molecule has 0 bridgehead atoms. The Morgan fingerprint density at radius 2 is 1.85 bits per heavy atom. The van der Waals surface area contributed by atoms with Crippen LogP contribution in [0.3, 0.4) is 0 Å². The van der Waals surface area contributed by atoms with Crippen LogP contribution in [0.5, 0.6) is 17.2 Å². The number of ether oxygens (including phenoxy) is 3. The lowest BCUT2D eigenvalue weighted by Crippen LogP contribution is -2.53. The largest absolute Gasteiger partial charge is 0.493 e. The number of nitrogens with one attached hydrogen (secondary N) is 2. The normalized spacial score (nSPS) is 17.8. The number of aliphatic hydroxyl groups is 1. The van der Waals surface area contributed by atoms with Gasteiger partial charge in [0.25, 0.3) is 0 Å². The number of aliphatic carboxylic acids is 1. The fourth-order valence-corrected chi connectivity index (χ4v) is 3.77. The third-order valence-corrected chi connectivity index (χ3v) is 5.44. The maximum atomic E-state index is 11.0. The van der Waals surface area contributed by atoms with Crippen molar-refractivity contribution >= 4 is 23.2 Å². The van der Waals surface area contributed by atoms with Gasteiger partial charge >= 0.3 is 5.97 Å². The molecular weight excluding hydrogens is 430 g/mol. The van der Waals surface area contributed by atoms with Crippen LogP contribution in [-0.2, 0) is 11.3 Å². The second-order valence-corrected chi connectivity index (χ2v) is 7.64. The topological polar surface area (TPSA) is 174 Å². The van der Waals surface area contributed by atoms with E-state index in [1.165, 1.54) is 0 Å². The Kier molecular flexibility index (Phi) is 6.84. The fourth-order valence-electron chi connectivity index (χ4n) is 3.77. The van der Waals surface area contributed by atoms with Gasteiger partial charge in [0.1, 0.15) is 5.84 Å². The number of benzene rings is 2. The van der Waals surface area contributed by atoms with Gasteiger partial charge in [0.15, 0.2) is 23.4 Å². The van der Waals surface area contributed by atoms with Crippen molar-refractivity contribution < 1.29 is 29.2 Å². The number of amidine groups is 1. The zero-order valence-corrected chi connectivity index (χ0v) is 18.9. The number of fused-ring (bicyclic) bond motifs is 1. The molecule has 33 heavy (non-hydrogen) atoms. The average molecular weight is 460 g/mol. The molecule has 11 nitrogen and oxygen atoms in total. The van der Waals surface area contributed by atoms with Gasteiger partial charge in [-0.05, 0) is 24.1 Å². The highest BCUT2D eigenvalue weighted by Crippen LogP contribution is 2.40. The molecule has 0 saturated carbocycles. The van der Waals surface area contributed by atoms with E-state index in [2.05, 4.69) is 15.6 Å². The second-order valence-electron chi connectivity index (χ2n) is 7.64. The summed E-state index contributed by atoms with van der Waals surface area (Å²) in [6.07, 6.45) is -2.02. The van der Waals surface area contributed by atoms with Crippen LogP contribution in [0, 0.1) is 6.92 Å². The quantitative estimate of drug-likeness (QED) is 0.320. The van der Waals surface area contributed by atoms with Gasteiger partial charge in [0.05, 0.1) is 21.3 Å². The summed E-state index contributed by atoms with van der Waals surface area (Å²) in [5.41, 5.74) is 16.2. The second kappa shape index (κ2) is 9.43. The molecule has 0 fully saturated rings. The molecule has 3 rings (SSSR count). The van der Waals surface area contributed by atoms with Gasteiger partial charge in [-0.1, -0.05) is 6.07 Å². The molecule has 0 saturated heterocycles. The summed E-state index contributed by atoms with van der Waals surface area (Å²) in [7, 11) is 4.65. The van der Waals surface area contributed by atoms with Crippen LogP contribution in [0.4, 0.5) is 11.4 Å². The highest BCUT2D eigenvalue weighted by molar-refractivity contribution is 6.05. The molecule has 2 atom stereocenters. The van der Waals surface area contributed by atoms with Gasteiger partial charge in [0.2, 0.25) is 5.75 Å². The minimum Gasteiger partial charge on any atom is -0.493 e. The summed E-state index contributed by atoms with van der Waals surface area (Å²) in [5, 5.41) is 25.0. The van der Waals surface area contributed by atoms with Crippen LogP contribution in [0.2, 0.25) is 0 Å². The molecule has 0 spiro atoms. The molecule has 2 unspecified atom stereocenters. The maximum Gasteiger partial charge on any atom is 0.332 e. The van der Waals surface area contributed by atoms with E-state index in [-0.39, 0.29) is 12.3 Å². The van der Waals surface area contributed by atoms with Gasteiger partial charge in [0, 0.05) is 42.0 Å². The van der Waals surface area contributed by atoms with Crippen molar-refractivity contribution in [3.8, 4) is 17.2 Å². The first-order valence-electron chi connectivity index (χ1n) is 10.1. The van der Waals surface area contributed by atoms with Gasteiger partial charge in [-0.2, -0.15) is 0 Å². The van der Waals surface area contributed by atoms with Crippen LogP contribution < -0.4 is 36.3 Å². The Balaban J connectivity index is 1.85. The number of aliphatic imine (C=N–C) groups is 1. The molecular formula is C22H29N5O6. The zero-order valence-electron chi connectivity index (χ0n) is 18.9. The lowest BCUT2D eigenvalue weighted by atomic mass is 9.96. The molecule has 0 aromatic heterocycles. The fraction of sp³-hybridized carbons (Fsp3) is 0.364. The van der Waals surface area contributed by atoms with Gasteiger partial charge in [-0.15, -0.1) is 0 Å². The number of carbonyl (C=O) groups is 1. The summed E-state index contributed by atoms with van der Waals surface area (Å²) < 4.78 is 16.1. The van der Waals surface area contributed by atoms with E-state index in [1.807, 2.05) is 25.1 Å². The van der Waals surface area contributed by atoms with Gasteiger partial charge in [-0.25, -0.2) is 9.79 Å². The number of hydrogen-bond donors (Lipinski definition) is 6. The first-order chi connectivity index (χ1) is 15.6. The molecule has 8 N–H and O–H groups in total. The Bertz CT molecular complexity index is 1060. The lowest BCUT2D eigenvalue weighted by molar-refractivity contribution is -0.147. The Labute approximate surface area is 191 Å². The monoisotopic (exact) mass is 459 g/mol. The van der Waals surface area contributed by atoms with Crippen LogP contribution in [0.1, 0.15) is 23.1 Å². The number of carboxylic acid groups (broad SMARTS) is 1. The summed E-state index contributed by atoms with van der Waals surface area (Å²) in [5.74, 6) is -1.18.